The smallest absolute Gasteiger partial charge is 0.331 e. The molecule has 0 aromatic carbocycles. The Labute approximate surface area is 107 Å². The molecule has 3 nitrogen and oxygen atoms in total. The lowest BCUT2D eigenvalue weighted by Gasteiger charge is -2.46. The largest absolute Gasteiger partial charge is 0.454 e. The molecular weight excluding hydrogens is 226 g/mol. The highest BCUT2D eigenvalue weighted by atomic mass is 16.5. The zero-order chi connectivity index (χ0) is 12.1. The molecular formula is C15H17NO2. The van der Waals surface area contributed by atoms with Gasteiger partial charge in [-0.2, -0.15) is 0 Å². The Morgan fingerprint density at radius 2 is 2.11 bits per heavy atom. The van der Waals surface area contributed by atoms with Crippen LogP contribution in [0.2, 0.25) is 0 Å². The molecule has 3 heterocycles. The number of hydrogen-bond donors (Lipinski definition) is 0. The van der Waals surface area contributed by atoms with E-state index in [9.17, 15) is 4.79 Å². The molecule has 4 aliphatic rings. The minimum Gasteiger partial charge on any atom is -0.454 e. The number of allylic oxidation sites excluding steroid dienone is 2. The molecule has 3 aliphatic heterocycles. The molecule has 0 N–H and O–H groups in total. The third-order valence-electron chi connectivity index (χ3n) is 4.53. The van der Waals surface area contributed by atoms with Crippen molar-refractivity contribution >= 4 is 5.97 Å². The lowest BCUT2D eigenvalue weighted by molar-refractivity contribution is -0.144. The van der Waals surface area contributed by atoms with E-state index >= 15 is 0 Å². The van der Waals surface area contributed by atoms with Crippen LogP contribution in [0, 0.1) is 5.92 Å². The molecule has 0 aromatic rings. The fraction of sp³-hybridized carbons (Fsp3) is 0.533. The van der Waals surface area contributed by atoms with Gasteiger partial charge < -0.3 is 9.64 Å². The fourth-order valence-corrected chi connectivity index (χ4v) is 3.83. The van der Waals surface area contributed by atoms with Crippen LogP contribution in [-0.4, -0.2) is 30.1 Å². The Bertz CT molecular complexity index is 501. The van der Waals surface area contributed by atoms with Crippen LogP contribution >= 0.6 is 0 Å². The van der Waals surface area contributed by atoms with Gasteiger partial charge >= 0.3 is 5.97 Å². The Kier molecular flexibility index (Phi) is 2.16. The van der Waals surface area contributed by atoms with Crippen molar-refractivity contribution in [3.63, 3.8) is 0 Å². The summed E-state index contributed by atoms with van der Waals surface area (Å²) in [5.41, 5.74) is 4.16. The summed E-state index contributed by atoms with van der Waals surface area (Å²) in [5, 5.41) is 0. The second-order valence-corrected chi connectivity index (χ2v) is 5.58. The number of piperidine rings is 1. The molecule has 3 heteroatoms. The van der Waals surface area contributed by atoms with Crippen molar-refractivity contribution in [2.24, 2.45) is 5.92 Å². The van der Waals surface area contributed by atoms with Gasteiger partial charge in [0, 0.05) is 30.8 Å². The first-order valence-corrected chi connectivity index (χ1v) is 6.91. The lowest BCUT2D eigenvalue weighted by atomic mass is 9.76. The molecule has 1 aliphatic carbocycles. The zero-order valence-corrected chi connectivity index (χ0v) is 10.4. The van der Waals surface area contributed by atoms with E-state index in [-0.39, 0.29) is 12.1 Å². The van der Waals surface area contributed by atoms with Crippen molar-refractivity contribution in [1.82, 2.24) is 4.90 Å². The molecule has 2 atom stereocenters. The first-order chi connectivity index (χ1) is 8.83. The summed E-state index contributed by atoms with van der Waals surface area (Å²) in [7, 11) is 0. The number of ether oxygens (including phenoxy) is 1. The van der Waals surface area contributed by atoms with E-state index in [4.69, 9.17) is 4.74 Å². The van der Waals surface area contributed by atoms with Gasteiger partial charge in [0.2, 0.25) is 0 Å². The highest BCUT2D eigenvalue weighted by Crippen LogP contribution is 2.44. The van der Waals surface area contributed by atoms with Crippen molar-refractivity contribution in [3.05, 3.63) is 35.1 Å². The number of hydrogen-bond acceptors (Lipinski definition) is 3. The summed E-state index contributed by atoms with van der Waals surface area (Å²) in [6.07, 6.45) is 10.5. The van der Waals surface area contributed by atoms with Crippen molar-refractivity contribution in [2.75, 3.05) is 13.1 Å². The maximum absolute atomic E-state index is 11.5. The highest BCUT2D eigenvalue weighted by molar-refractivity contribution is 5.84. The summed E-state index contributed by atoms with van der Waals surface area (Å²) < 4.78 is 5.57. The summed E-state index contributed by atoms with van der Waals surface area (Å²) in [6.45, 7) is 2.35. The van der Waals surface area contributed by atoms with Gasteiger partial charge in [-0.1, -0.05) is 6.08 Å². The van der Waals surface area contributed by atoms with E-state index in [1.807, 2.05) is 6.08 Å². The van der Waals surface area contributed by atoms with E-state index in [0.717, 1.165) is 6.42 Å². The van der Waals surface area contributed by atoms with Crippen molar-refractivity contribution in [3.8, 4) is 0 Å². The van der Waals surface area contributed by atoms with Crippen molar-refractivity contribution in [1.29, 1.82) is 0 Å². The SMILES string of the molecule is O=C1C=CC2=CC3=C4C(CCCN4CCC3)C2O1. The molecule has 18 heavy (non-hydrogen) atoms. The Balaban J connectivity index is 1.82. The van der Waals surface area contributed by atoms with Crippen LogP contribution in [0.15, 0.2) is 35.1 Å². The minimum atomic E-state index is -0.186. The molecule has 94 valence electrons. The van der Waals surface area contributed by atoms with Crippen molar-refractivity contribution in [2.45, 2.75) is 31.8 Å². The Morgan fingerprint density at radius 3 is 3.06 bits per heavy atom. The molecule has 0 spiro atoms. The molecule has 0 amide bonds. The average molecular weight is 243 g/mol. The number of fused-ring (bicyclic) bond motifs is 2. The zero-order valence-electron chi connectivity index (χ0n) is 10.4. The number of esters is 1. The molecule has 0 aromatic heterocycles. The molecule has 4 rings (SSSR count). The monoisotopic (exact) mass is 243 g/mol. The summed E-state index contributed by atoms with van der Waals surface area (Å²) in [5.74, 6) is 0.220. The lowest BCUT2D eigenvalue weighted by Crippen LogP contribution is -2.45. The topological polar surface area (TPSA) is 29.5 Å². The maximum Gasteiger partial charge on any atom is 0.331 e. The van der Waals surface area contributed by atoms with E-state index in [1.54, 1.807) is 6.08 Å². The van der Waals surface area contributed by atoms with Gasteiger partial charge in [0.1, 0.15) is 6.10 Å². The van der Waals surface area contributed by atoms with Gasteiger partial charge in [0.15, 0.2) is 0 Å². The van der Waals surface area contributed by atoms with Gasteiger partial charge in [0.25, 0.3) is 0 Å². The maximum atomic E-state index is 11.5. The average Bonchev–Trinajstić information content (AvgIpc) is 2.40. The molecule has 0 radical (unpaired) electrons. The summed E-state index contributed by atoms with van der Waals surface area (Å²) in [6, 6.07) is 0. The van der Waals surface area contributed by atoms with E-state index in [2.05, 4.69) is 11.0 Å². The van der Waals surface area contributed by atoms with Gasteiger partial charge in [0.05, 0.1) is 0 Å². The standard InChI is InChI=1S/C15H17NO2/c17-13-6-5-11-9-10-3-1-7-16-8-2-4-12(14(10)16)15(11)18-13/h5-6,9,12,15H,1-4,7-8H2. The summed E-state index contributed by atoms with van der Waals surface area (Å²) >= 11 is 0. The van der Waals surface area contributed by atoms with E-state index < -0.39 is 0 Å². The molecule has 0 bridgehead atoms. The van der Waals surface area contributed by atoms with Crippen LogP contribution in [0.5, 0.6) is 0 Å². The van der Waals surface area contributed by atoms with Gasteiger partial charge in [-0.15, -0.1) is 0 Å². The molecule has 1 fully saturated rings. The van der Waals surface area contributed by atoms with Crippen molar-refractivity contribution < 1.29 is 9.53 Å². The van der Waals surface area contributed by atoms with E-state index in [0.29, 0.717) is 5.92 Å². The molecule has 0 saturated carbocycles. The first kappa shape index (κ1) is 10.4. The fourth-order valence-electron chi connectivity index (χ4n) is 3.83. The van der Waals surface area contributed by atoms with Crippen LogP contribution in [-0.2, 0) is 9.53 Å². The van der Waals surface area contributed by atoms with Gasteiger partial charge in [-0.3, -0.25) is 0 Å². The quantitative estimate of drug-likeness (QED) is 0.611. The van der Waals surface area contributed by atoms with Crippen LogP contribution in [0.3, 0.4) is 0 Å². The van der Waals surface area contributed by atoms with Crippen LogP contribution in [0.1, 0.15) is 25.7 Å². The predicted molar refractivity (Wildman–Crippen MR) is 67.7 cm³/mol. The van der Waals surface area contributed by atoms with Crippen LogP contribution in [0.4, 0.5) is 0 Å². The van der Waals surface area contributed by atoms with Crippen LogP contribution < -0.4 is 0 Å². The molecule has 2 unspecified atom stereocenters. The van der Waals surface area contributed by atoms with Gasteiger partial charge in [-0.05, 0) is 42.9 Å². The minimum absolute atomic E-state index is 0.0258. The number of rotatable bonds is 0. The summed E-state index contributed by atoms with van der Waals surface area (Å²) in [4.78, 5) is 14.0. The number of carbonyl (C=O) groups is 1. The second kappa shape index (κ2) is 3.74. The Hall–Kier alpha value is -1.51. The predicted octanol–water partition coefficient (Wildman–Crippen LogP) is 2.17. The Morgan fingerprint density at radius 1 is 1.22 bits per heavy atom. The third-order valence-corrected chi connectivity index (χ3v) is 4.53. The van der Waals surface area contributed by atoms with E-state index in [1.165, 1.54) is 49.2 Å². The van der Waals surface area contributed by atoms with Crippen LogP contribution in [0.25, 0.3) is 0 Å². The normalized spacial score (nSPS) is 33.7. The number of nitrogens with zero attached hydrogens (tertiary/aromatic N) is 1. The first-order valence-electron chi connectivity index (χ1n) is 6.91. The number of carbonyl (C=O) groups excluding carboxylic acids is 1. The highest BCUT2D eigenvalue weighted by Gasteiger charge is 2.41. The second-order valence-electron chi connectivity index (χ2n) is 5.58. The van der Waals surface area contributed by atoms with Gasteiger partial charge in [-0.25, -0.2) is 4.79 Å². The third kappa shape index (κ3) is 1.39. The molecule has 1 saturated heterocycles.